The van der Waals surface area contributed by atoms with Gasteiger partial charge in [0.2, 0.25) is 0 Å². The van der Waals surface area contributed by atoms with Crippen molar-refractivity contribution in [3.05, 3.63) is 0 Å². The molecule has 31 valence electrons. The van der Waals surface area contributed by atoms with E-state index in [0.717, 1.165) is 5.40 Å². The van der Waals surface area contributed by atoms with Crippen LogP contribution in [0.1, 0.15) is 0 Å². The van der Waals surface area contributed by atoms with Crippen LogP contribution in [0.3, 0.4) is 0 Å². The van der Waals surface area contributed by atoms with Crippen molar-refractivity contribution in [1.82, 2.24) is 0 Å². The second kappa shape index (κ2) is 1.04. The van der Waals surface area contributed by atoms with Crippen molar-refractivity contribution in [2.24, 2.45) is 0 Å². The van der Waals surface area contributed by atoms with Crippen LogP contribution < -0.4 is 0 Å². The molecule has 0 heterocycles. The normalized spacial score (nSPS) is 11.4. The van der Waals surface area contributed by atoms with Gasteiger partial charge in [-0.3, -0.25) is 0 Å². The predicted octanol–water partition coefficient (Wildman–Crippen LogP) is 0.225. The number of hydrogen-bond donors (Lipinski definition) is 0. The summed E-state index contributed by atoms with van der Waals surface area (Å²) in [7, 11) is 0. The second-order valence-corrected chi connectivity index (χ2v) is 5.34. The van der Waals surface area contributed by atoms with Crippen LogP contribution in [0.5, 0.6) is 0 Å². The van der Waals surface area contributed by atoms with Crippen molar-refractivity contribution in [3.63, 3.8) is 0 Å². The first kappa shape index (κ1) is 5.06. The van der Waals surface area contributed by atoms with E-state index in [4.69, 9.17) is 0 Å². The molecule has 3 nitrogen and oxygen atoms in total. The summed E-state index contributed by atoms with van der Waals surface area (Å²) in [6.45, 7) is 0. The van der Waals surface area contributed by atoms with Crippen molar-refractivity contribution < 1.29 is 25.8 Å². The average molecular weight is 249 g/mol. The fraction of sp³-hybridized carbons (Fsp3) is 1.00. The van der Waals surface area contributed by atoms with Gasteiger partial charge in [0.15, 0.2) is 0 Å². The Hall–Kier alpha value is 0.0623. The summed E-state index contributed by atoms with van der Waals surface area (Å²) in [5.74, 6) is 0. The van der Waals surface area contributed by atoms with Gasteiger partial charge in [0.1, 0.15) is 0 Å². The summed E-state index contributed by atoms with van der Waals surface area (Å²) in [4.78, 5) is 0. The molecular formula is CH3O3Re+. The molecule has 0 aromatic carbocycles. The molecule has 4 heteroatoms. The minimum absolute atomic E-state index is 0.722. The molecule has 0 rings (SSSR count). The SMILES string of the molecule is [CH3][Re+](=[O])(=[O])=[O]. The Morgan fingerprint density at radius 1 is 1.20 bits per heavy atom. The molecule has 0 amide bonds. The summed E-state index contributed by atoms with van der Waals surface area (Å²) in [6, 6.07) is 0. The van der Waals surface area contributed by atoms with Crippen LogP contribution in [-0.4, -0.2) is 0 Å². The molecule has 0 aromatic heterocycles. The molecule has 0 aliphatic heterocycles. The Morgan fingerprint density at radius 2 is 1.20 bits per heavy atom. The van der Waals surface area contributed by atoms with Crippen LogP contribution in [0.4, 0.5) is 0 Å². The molecule has 0 aromatic rings. The third-order valence-corrected chi connectivity index (χ3v) is 0. The molecule has 0 fully saturated rings. The first-order chi connectivity index (χ1) is 2.00. The Kier molecular flexibility index (Phi) is 1.05. The van der Waals surface area contributed by atoms with E-state index < -0.39 is 15.4 Å². The van der Waals surface area contributed by atoms with E-state index in [2.05, 4.69) is 0 Å². The zero-order valence-corrected chi connectivity index (χ0v) is 5.32. The Balaban J connectivity index is 4.87. The number of hydrogen-bond acceptors (Lipinski definition) is 3. The van der Waals surface area contributed by atoms with Gasteiger partial charge in [0.25, 0.3) is 0 Å². The standard InChI is InChI=1S/CH3.3O.Re/h1H3;;;;/q;;;;+1. The van der Waals surface area contributed by atoms with Gasteiger partial charge in [-0.2, -0.15) is 0 Å². The first-order valence-electron chi connectivity index (χ1n) is 0.841. The van der Waals surface area contributed by atoms with Gasteiger partial charge >= 0.3 is 31.2 Å². The van der Waals surface area contributed by atoms with Gasteiger partial charge in [-0.25, -0.2) is 0 Å². The molecule has 0 spiro atoms. The predicted molar refractivity (Wildman–Crippen MR) is 7.92 cm³/mol. The molecule has 0 atom stereocenters. The quantitative estimate of drug-likeness (QED) is 0.617. The molecule has 0 aliphatic carbocycles. The van der Waals surface area contributed by atoms with Gasteiger partial charge in [-0.05, 0) is 0 Å². The van der Waals surface area contributed by atoms with E-state index >= 15 is 0 Å². The van der Waals surface area contributed by atoms with Crippen molar-refractivity contribution in [2.75, 3.05) is 0 Å². The molecule has 0 radical (unpaired) electrons. The summed E-state index contributed by atoms with van der Waals surface area (Å²) >= 11 is -4.86. The van der Waals surface area contributed by atoms with Crippen molar-refractivity contribution in [3.8, 4) is 0 Å². The molecule has 0 N–H and O–H groups in total. The molecule has 0 bridgehead atoms. The molecule has 0 saturated heterocycles. The third kappa shape index (κ3) is 4450. The van der Waals surface area contributed by atoms with E-state index in [-0.39, 0.29) is 0 Å². The Bertz CT molecular complexity index is 128. The van der Waals surface area contributed by atoms with Crippen molar-refractivity contribution in [1.29, 1.82) is 0 Å². The van der Waals surface area contributed by atoms with Crippen molar-refractivity contribution >= 4 is 0 Å². The van der Waals surface area contributed by atoms with Crippen LogP contribution in [0, 0.1) is 0 Å². The van der Waals surface area contributed by atoms with Gasteiger partial charge in [-0.1, -0.05) is 0 Å². The summed E-state index contributed by atoms with van der Waals surface area (Å²) in [6.07, 6.45) is 0. The monoisotopic (exact) mass is 250 g/mol. The van der Waals surface area contributed by atoms with Gasteiger partial charge < -0.3 is 0 Å². The number of rotatable bonds is 0. The Labute approximate surface area is 31.9 Å². The molecular weight excluding hydrogens is 246 g/mol. The summed E-state index contributed by atoms with van der Waals surface area (Å²) in [5, 5.41) is 0.722. The average Bonchev–Trinajstić information content (AvgIpc) is 0.722. The Morgan fingerprint density at radius 3 is 1.20 bits per heavy atom. The minimum atomic E-state index is -4.86. The van der Waals surface area contributed by atoms with E-state index in [1.54, 1.807) is 0 Å². The van der Waals surface area contributed by atoms with Crippen LogP contribution in [0.2, 0.25) is 5.40 Å². The molecule has 5 heavy (non-hydrogen) atoms. The van der Waals surface area contributed by atoms with Crippen LogP contribution in [0.15, 0.2) is 0 Å². The maximum atomic E-state index is 9.19. The van der Waals surface area contributed by atoms with E-state index in [0.29, 0.717) is 0 Å². The van der Waals surface area contributed by atoms with Crippen LogP contribution >= 0.6 is 0 Å². The van der Waals surface area contributed by atoms with E-state index in [1.807, 2.05) is 0 Å². The fourth-order valence-corrected chi connectivity index (χ4v) is 0. The van der Waals surface area contributed by atoms with Crippen LogP contribution in [-0.2, 0) is 25.8 Å². The van der Waals surface area contributed by atoms with Gasteiger partial charge in [0, 0.05) is 0 Å². The maximum absolute atomic E-state index is 9.19. The van der Waals surface area contributed by atoms with E-state index in [1.165, 1.54) is 0 Å². The molecule has 0 unspecified atom stereocenters. The van der Waals surface area contributed by atoms with Gasteiger partial charge in [0.05, 0.1) is 0 Å². The molecule has 0 aliphatic rings. The second-order valence-electron chi connectivity index (χ2n) is 0.652. The topological polar surface area (TPSA) is 51.2 Å². The summed E-state index contributed by atoms with van der Waals surface area (Å²) < 4.78 is 27.6. The van der Waals surface area contributed by atoms with E-state index in [9.17, 15) is 10.4 Å². The molecule has 0 saturated carbocycles. The zero-order valence-electron chi connectivity index (χ0n) is 2.60. The van der Waals surface area contributed by atoms with Gasteiger partial charge in [-0.15, -0.1) is 0 Å². The fourth-order valence-electron chi connectivity index (χ4n) is 0. The zero-order chi connectivity index (χ0) is 4.50. The first-order valence-corrected chi connectivity index (χ1v) is 6.88. The third-order valence-electron chi connectivity index (χ3n) is 0. The van der Waals surface area contributed by atoms with Crippen LogP contribution in [0.25, 0.3) is 0 Å². The van der Waals surface area contributed by atoms with Crippen molar-refractivity contribution in [2.45, 2.75) is 5.40 Å². The summed E-state index contributed by atoms with van der Waals surface area (Å²) in [5.41, 5.74) is 0.